The molecule has 1 aromatic heterocycles. The van der Waals surface area contributed by atoms with E-state index in [0.29, 0.717) is 0 Å². The molecule has 0 radical (unpaired) electrons. The Morgan fingerprint density at radius 3 is 2.58 bits per heavy atom. The van der Waals surface area contributed by atoms with Gasteiger partial charge in [0.05, 0.1) is 24.3 Å². The zero-order chi connectivity index (χ0) is 18.5. The number of halogens is 1. The van der Waals surface area contributed by atoms with Gasteiger partial charge in [-0.25, -0.2) is 17.5 Å². The first-order valence-corrected chi connectivity index (χ1v) is 9.93. The Hall–Kier alpha value is -2.29. The average molecular weight is 379 g/mol. The van der Waals surface area contributed by atoms with Crippen LogP contribution in [0.2, 0.25) is 0 Å². The molecule has 0 saturated heterocycles. The Kier molecular flexibility index (Phi) is 4.06. The van der Waals surface area contributed by atoms with Crippen molar-refractivity contribution < 1.29 is 22.3 Å². The van der Waals surface area contributed by atoms with Crippen LogP contribution in [0.5, 0.6) is 0 Å². The van der Waals surface area contributed by atoms with Crippen LogP contribution in [0.15, 0.2) is 35.5 Å². The molecule has 2 aliphatic rings. The summed E-state index contributed by atoms with van der Waals surface area (Å²) in [5.41, 5.74) is 0.858. The second-order valence-corrected chi connectivity index (χ2v) is 8.81. The van der Waals surface area contributed by atoms with E-state index in [4.69, 9.17) is 0 Å². The SMILES string of the molecule is COC(=O)C1CC(S(=O)(=O)c2nc3n(n2)[C@H](c2ccccc2)C[C@@H]3F)C1. The van der Waals surface area contributed by atoms with E-state index >= 15 is 0 Å². The molecule has 26 heavy (non-hydrogen) atoms. The van der Waals surface area contributed by atoms with Crippen molar-refractivity contribution in [2.24, 2.45) is 5.92 Å². The molecule has 2 aromatic rings. The molecule has 1 fully saturated rings. The van der Waals surface area contributed by atoms with E-state index in [1.54, 1.807) is 0 Å². The first-order valence-electron chi connectivity index (χ1n) is 8.39. The van der Waals surface area contributed by atoms with E-state index in [1.165, 1.54) is 11.8 Å². The zero-order valence-electron chi connectivity index (χ0n) is 14.1. The van der Waals surface area contributed by atoms with Crippen LogP contribution in [0.25, 0.3) is 0 Å². The van der Waals surface area contributed by atoms with Gasteiger partial charge in [0, 0.05) is 6.42 Å². The molecule has 0 N–H and O–H groups in total. The Labute approximate surface area is 150 Å². The van der Waals surface area contributed by atoms with Crippen molar-refractivity contribution in [1.82, 2.24) is 14.8 Å². The lowest BCUT2D eigenvalue weighted by Crippen LogP contribution is -2.40. The smallest absolute Gasteiger partial charge is 0.308 e. The molecule has 9 heteroatoms. The van der Waals surface area contributed by atoms with Gasteiger partial charge in [-0.3, -0.25) is 4.79 Å². The highest BCUT2D eigenvalue weighted by Crippen LogP contribution is 2.41. The minimum absolute atomic E-state index is 0.0428. The van der Waals surface area contributed by atoms with Crippen LogP contribution < -0.4 is 0 Å². The van der Waals surface area contributed by atoms with Crippen LogP contribution in [0.3, 0.4) is 0 Å². The number of ether oxygens (including phenoxy) is 1. The standard InChI is InChI=1S/C17H18FN3O4S/c1-25-16(22)11-7-12(8-11)26(23,24)17-19-15-13(18)9-14(21(15)20-17)10-5-3-2-4-6-10/h2-6,11-14H,7-9H2,1H3/t11?,12?,13-,14-/m0/s1. The quantitative estimate of drug-likeness (QED) is 0.755. The fraction of sp³-hybridized carbons (Fsp3) is 0.471. The summed E-state index contributed by atoms with van der Waals surface area (Å²) in [7, 11) is -2.53. The molecule has 2 atom stereocenters. The van der Waals surface area contributed by atoms with Crippen molar-refractivity contribution in [3.05, 3.63) is 41.7 Å². The highest BCUT2D eigenvalue weighted by Gasteiger charge is 2.46. The van der Waals surface area contributed by atoms with Gasteiger partial charge in [-0.2, -0.15) is 4.98 Å². The van der Waals surface area contributed by atoms with Crippen molar-refractivity contribution in [3.63, 3.8) is 0 Å². The Bertz CT molecular complexity index is 938. The normalized spacial score (nSPS) is 27.6. The number of sulfone groups is 1. The third-order valence-electron chi connectivity index (χ3n) is 5.15. The lowest BCUT2D eigenvalue weighted by molar-refractivity contribution is -0.148. The Balaban J connectivity index is 1.61. The summed E-state index contributed by atoms with van der Waals surface area (Å²) in [5.74, 6) is -0.786. The zero-order valence-corrected chi connectivity index (χ0v) is 14.9. The number of hydrogen-bond donors (Lipinski definition) is 0. The highest BCUT2D eigenvalue weighted by molar-refractivity contribution is 7.91. The molecule has 2 heterocycles. The summed E-state index contributed by atoms with van der Waals surface area (Å²) in [4.78, 5) is 15.4. The molecule has 1 aromatic carbocycles. The fourth-order valence-corrected chi connectivity index (χ4v) is 5.25. The molecule has 138 valence electrons. The Morgan fingerprint density at radius 1 is 1.23 bits per heavy atom. The Morgan fingerprint density at radius 2 is 1.92 bits per heavy atom. The molecule has 0 unspecified atom stereocenters. The van der Waals surface area contributed by atoms with Crippen LogP contribution in [0.4, 0.5) is 4.39 Å². The van der Waals surface area contributed by atoms with Gasteiger partial charge in [0.25, 0.3) is 5.16 Å². The fourth-order valence-electron chi connectivity index (χ4n) is 3.56. The number of alkyl halides is 1. The minimum atomic E-state index is -3.80. The first-order chi connectivity index (χ1) is 12.4. The van der Waals surface area contributed by atoms with E-state index in [9.17, 15) is 17.6 Å². The van der Waals surface area contributed by atoms with Crippen LogP contribution in [0, 0.1) is 5.92 Å². The molecular weight excluding hydrogens is 361 g/mol. The minimum Gasteiger partial charge on any atom is -0.469 e. The van der Waals surface area contributed by atoms with Crippen molar-refractivity contribution in [3.8, 4) is 0 Å². The van der Waals surface area contributed by atoms with Crippen LogP contribution in [-0.4, -0.2) is 41.5 Å². The number of aromatic nitrogens is 3. The summed E-state index contributed by atoms with van der Waals surface area (Å²) in [5, 5.41) is 3.03. The molecule has 4 rings (SSSR count). The van der Waals surface area contributed by atoms with Gasteiger partial charge in [0.15, 0.2) is 12.0 Å². The largest absolute Gasteiger partial charge is 0.469 e. The predicted octanol–water partition coefficient (Wildman–Crippen LogP) is 2.01. The van der Waals surface area contributed by atoms with Gasteiger partial charge >= 0.3 is 5.97 Å². The number of fused-ring (bicyclic) bond motifs is 1. The molecule has 0 bridgehead atoms. The summed E-state index contributed by atoms with van der Waals surface area (Å²) in [6.07, 6.45) is -0.811. The lowest BCUT2D eigenvalue weighted by atomic mass is 9.85. The summed E-state index contributed by atoms with van der Waals surface area (Å²) < 4.78 is 45.8. The number of methoxy groups -OCH3 is 1. The molecular formula is C17H18FN3O4S. The number of hydrogen-bond acceptors (Lipinski definition) is 6. The second kappa shape index (κ2) is 6.15. The van der Waals surface area contributed by atoms with Gasteiger partial charge in [-0.1, -0.05) is 30.3 Å². The molecule has 1 aliphatic carbocycles. The first kappa shape index (κ1) is 17.1. The van der Waals surface area contributed by atoms with Crippen molar-refractivity contribution in [2.75, 3.05) is 7.11 Å². The number of carbonyl (C=O) groups is 1. The average Bonchev–Trinajstić information content (AvgIpc) is 3.15. The number of esters is 1. The topological polar surface area (TPSA) is 91.2 Å². The summed E-state index contributed by atoms with van der Waals surface area (Å²) in [6, 6.07) is 8.89. The van der Waals surface area contributed by atoms with E-state index in [2.05, 4.69) is 14.8 Å². The van der Waals surface area contributed by atoms with Crippen molar-refractivity contribution >= 4 is 15.8 Å². The highest BCUT2D eigenvalue weighted by atomic mass is 32.2. The lowest BCUT2D eigenvalue weighted by Gasteiger charge is -2.31. The third kappa shape index (κ3) is 2.61. The summed E-state index contributed by atoms with van der Waals surface area (Å²) >= 11 is 0. The van der Waals surface area contributed by atoms with E-state index in [1.807, 2.05) is 30.3 Å². The van der Waals surface area contributed by atoms with Gasteiger partial charge in [-0.05, 0) is 18.4 Å². The van der Waals surface area contributed by atoms with E-state index in [-0.39, 0.29) is 36.3 Å². The van der Waals surface area contributed by atoms with Gasteiger partial charge in [0.2, 0.25) is 9.84 Å². The number of carbonyl (C=O) groups excluding carboxylic acids is 1. The summed E-state index contributed by atoms with van der Waals surface area (Å²) in [6.45, 7) is 0. The maximum absolute atomic E-state index is 14.4. The molecule has 0 spiro atoms. The van der Waals surface area contributed by atoms with Gasteiger partial charge in [-0.15, -0.1) is 5.10 Å². The third-order valence-corrected chi connectivity index (χ3v) is 7.10. The maximum Gasteiger partial charge on any atom is 0.308 e. The van der Waals surface area contributed by atoms with E-state index in [0.717, 1.165) is 5.56 Å². The van der Waals surface area contributed by atoms with Gasteiger partial charge in [0.1, 0.15) is 0 Å². The molecule has 1 aliphatic heterocycles. The monoisotopic (exact) mass is 379 g/mol. The molecule has 1 saturated carbocycles. The second-order valence-electron chi connectivity index (χ2n) is 6.69. The molecule has 7 nitrogen and oxygen atoms in total. The van der Waals surface area contributed by atoms with Crippen molar-refractivity contribution in [1.29, 1.82) is 0 Å². The van der Waals surface area contributed by atoms with Crippen LogP contribution in [0.1, 0.15) is 42.9 Å². The van der Waals surface area contributed by atoms with Gasteiger partial charge < -0.3 is 4.74 Å². The van der Waals surface area contributed by atoms with Crippen molar-refractivity contribution in [2.45, 2.75) is 41.9 Å². The molecule has 0 amide bonds. The predicted molar refractivity (Wildman–Crippen MR) is 88.8 cm³/mol. The van der Waals surface area contributed by atoms with E-state index < -0.39 is 33.1 Å². The number of benzene rings is 1. The van der Waals surface area contributed by atoms with Crippen LogP contribution >= 0.6 is 0 Å². The maximum atomic E-state index is 14.4. The number of nitrogens with zero attached hydrogens (tertiary/aromatic N) is 3. The van der Waals surface area contributed by atoms with Crippen LogP contribution in [-0.2, 0) is 19.4 Å². The number of rotatable bonds is 4.